The van der Waals surface area contributed by atoms with Gasteiger partial charge in [-0.3, -0.25) is 9.59 Å². The monoisotopic (exact) mass is 335 g/mol. The molecule has 98 valence electrons. The van der Waals surface area contributed by atoms with E-state index in [0.717, 1.165) is 0 Å². The molecule has 4 nitrogen and oxygen atoms in total. The molecule has 0 unspecified atom stereocenters. The molecule has 1 aromatic rings. The Labute approximate surface area is 116 Å². The van der Waals surface area contributed by atoms with E-state index in [-0.39, 0.29) is 23.8 Å². The fourth-order valence-electron chi connectivity index (χ4n) is 1.10. The predicted octanol–water partition coefficient (Wildman–Crippen LogP) is 2.73. The van der Waals surface area contributed by atoms with E-state index in [4.69, 9.17) is 5.11 Å². The third-order valence-corrected chi connectivity index (χ3v) is 3.35. The van der Waals surface area contributed by atoms with Crippen LogP contribution in [0, 0.1) is 5.82 Å². The van der Waals surface area contributed by atoms with Crippen molar-refractivity contribution in [1.82, 2.24) is 0 Å². The number of hydrogen-bond acceptors (Lipinski definition) is 3. The Hall–Kier alpha value is -1.08. The molecular weight excluding hydrogens is 325 g/mol. The van der Waals surface area contributed by atoms with E-state index in [9.17, 15) is 14.0 Å². The molecule has 7 heteroatoms. The molecule has 0 saturated carbocycles. The molecule has 0 radical (unpaired) electrons. The highest BCUT2D eigenvalue weighted by atomic mass is 79.9. The lowest BCUT2D eigenvalue weighted by Crippen LogP contribution is -2.15. The van der Waals surface area contributed by atoms with Gasteiger partial charge in [0, 0.05) is 10.2 Å². The van der Waals surface area contributed by atoms with Crippen molar-refractivity contribution in [3.8, 4) is 0 Å². The molecule has 0 fully saturated rings. The molecule has 1 amide bonds. The molecule has 2 N–H and O–H groups in total. The first kappa shape index (κ1) is 15.0. The summed E-state index contributed by atoms with van der Waals surface area (Å²) >= 11 is 4.31. The van der Waals surface area contributed by atoms with Crippen LogP contribution < -0.4 is 5.32 Å². The Morgan fingerprint density at radius 1 is 1.44 bits per heavy atom. The molecule has 18 heavy (non-hydrogen) atoms. The third kappa shape index (κ3) is 5.50. The van der Waals surface area contributed by atoms with Crippen molar-refractivity contribution in [3.05, 3.63) is 28.5 Å². The summed E-state index contributed by atoms with van der Waals surface area (Å²) in [6.07, 6.45) is 0.00456. The van der Waals surface area contributed by atoms with Gasteiger partial charge in [-0.1, -0.05) is 15.9 Å². The van der Waals surface area contributed by atoms with Gasteiger partial charge in [0.05, 0.1) is 17.9 Å². The lowest BCUT2D eigenvalue weighted by Gasteiger charge is -2.06. The van der Waals surface area contributed by atoms with Crippen LogP contribution in [0.1, 0.15) is 6.42 Å². The van der Waals surface area contributed by atoms with E-state index in [1.807, 2.05) is 0 Å². The van der Waals surface area contributed by atoms with Crippen molar-refractivity contribution in [3.63, 3.8) is 0 Å². The normalized spacial score (nSPS) is 10.1. The Morgan fingerprint density at radius 3 is 2.78 bits per heavy atom. The second kappa shape index (κ2) is 7.38. The second-order valence-corrected chi connectivity index (χ2v) is 5.39. The van der Waals surface area contributed by atoms with E-state index in [2.05, 4.69) is 21.2 Å². The third-order valence-electron chi connectivity index (χ3n) is 1.90. The fraction of sp³-hybridized carbons (Fsp3) is 0.273. The number of anilines is 1. The second-order valence-electron chi connectivity index (χ2n) is 3.37. The number of rotatable bonds is 6. The Kier molecular flexibility index (Phi) is 6.14. The predicted molar refractivity (Wildman–Crippen MR) is 72.3 cm³/mol. The Balaban J connectivity index is 2.38. The summed E-state index contributed by atoms with van der Waals surface area (Å²) in [5.74, 6) is -1.32. The van der Waals surface area contributed by atoms with Crippen LogP contribution in [0.3, 0.4) is 0 Å². The van der Waals surface area contributed by atoms with Gasteiger partial charge in [0.25, 0.3) is 0 Å². The first-order valence-electron chi connectivity index (χ1n) is 5.03. The average Bonchev–Trinajstić information content (AvgIpc) is 2.28. The maximum absolute atomic E-state index is 13.4. The Bertz CT molecular complexity index is 456. The summed E-state index contributed by atoms with van der Waals surface area (Å²) in [6, 6.07) is 4.34. The van der Waals surface area contributed by atoms with Crippen LogP contribution in [0.15, 0.2) is 22.7 Å². The molecule has 0 spiro atoms. The minimum Gasteiger partial charge on any atom is -0.481 e. The van der Waals surface area contributed by atoms with E-state index in [1.54, 1.807) is 6.07 Å². The smallest absolute Gasteiger partial charge is 0.304 e. The summed E-state index contributed by atoms with van der Waals surface area (Å²) in [6.45, 7) is 0. The zero-order chi connectivity index (χ0) is 13.5. The van der Waals surface area contributed by atoms with E-state index in [1.165, 1.54) is 23.9 Å². The van der Waals surface area contributed by atoms with Gasteiger partial charge in [0.15, 0.2) is 0 Å². The molecular formula is C11H11BrFNO3S. The van der Waals surface area contributed by atoms with E-state index < -0.39 is 11.8 Å². The van der Waals surface area contributed by atoms with Gasteiger partial charge in [0.1, 0.15) is 5.82 Å². The number of thioether (sulfide) groups is 1. The molecule has 0 aromatic heterocycles. The first-order chi connectivity index (χ1) is 8.49. The number of benzene rings is 1. The quantitative estimate of drug-likeness (QED) is 0.784. The number of halogens is 2. The van der Waals surface area contributed by atoms with Crippen molar-refractivity contribution >= 4 is 45.3 Å². The van der Waals surface area contributed by atoms with Gasteiger partial charge < -0.3 is 10.4 Å². The van der Waals surface area contributed by atoms with Crippen LogP contribution in [-0.2, 0) is 9.59 Å². The van der Waals surface area contributed by atoms with Crippen molar-refractivity contribution in [2.24, 2.45) is 0 Å². The van der Waals surface area contributed by atoms with Crippen LogP contribution in [0.25, 0.3) is 0 Å². The fourth-order valence-corrected chi connectivity index (χ4v) is 2.16. The van der Waals surface area contributed by atoms with Crippen molar-refractivity contribution in [1.29, 1.82) is 0 Å². The van der Waals surface area contributed by atoms with Gasteiger partial charge in [-0.25, -0.2) is 4.39 Å². The number of carboxylic acids is 1. The standard InChI is InChI=1S/C11H11BrFNO3S/c12-7-1-2-9(8(13)5-7)14-10(15)6-18-4-3-11(16)17/h1-2,5H,3-4,6H2,(H,14,15)(H,16,17). The SMILES string of the molecule is O=C(O)CCSCC(=O)Nc1ccc(Br)cc1F. The molecule has 0 atom stereocenters. The molecule has 1 aromatic carbocycles. The van der Waals surface area contributed by atoms with Gasteiger partial charge in [-0.05, 0) is 18.2 Å². The minimum atomic E-state index is -0.901. The number of amides is 1. The van der Waals surface area contributed by atoms with Crippen molar-refractivity contribution < 1.29 is 19.1 Å². The Morgan fingerprint density at radius 2 is 2.17 bits per heavy atom. The van der Waals surface area contributed by atoms with Crippen LogP contribution in [0.5, 0.6) is 0 Å². The number of carbonyl (C=O) groups excluding carboxylic acids is 1. The minimum absolute atomic E-state index is 0.00456. The molecule has 0 saturated heterocycles. The lowest BCUT2D eigenvalue weighted by atomic mass is 10.3. The molecule has 0 aliphatic carbocycles. The summed E-state index contributed by atoms with van der Waals surface area (Å²) in [5.41, 5.74) is 0.113. The largest absolute Gasteiger partial charge is 0.481 e. The highest BCUT2D eigenvalue weighted by molar-refractivity contribution is 9.10. The lowest BCUT2D eigenvalue weighted by molar-refractivity contribution is -0.136. The van der Waals surface area contributed by atoms with E-state index in [0.29, 0.717) is 10.2 Å². The first-order valence-corrected chi connectivity index (χ1v) is 6.98. The van der Waals surface area contributed by atoms with Gasteiger partial charge in [-0.15, -0.1) is 0 Å². The number of aliphatic carboxylic acids is 1. The maximum atomic E-state index is 13.4. The highest BCUT2D eigenvalue weighted by Crippen LogP contribution is 2.19. The summed E-state index contributed by atoms with van der Waals surface area (Å²) in [5, 5.41) is 10.8. The van der Waals surface area contributed by atoms with Crippen molar-refractivity contribution in [2.45, 2.75) is 6.42 Å². The number of hydrogen-bond donors (Lipinski definition) is 2. The van der Waals surface area contributed by atoms with Crippen LogP contribution in [0.2, 0.25) is 0 Å². The molecule has 1 rings (SSSR count). The number of carboxylic acid groups (broad SMARTS) is 1. The van der Waals surface area contributed by atoms with Gasteiger partial charge in [-0.2, -0.15) is 11.8 Å². The number of nitrogens with one attached hydrogen (secondary N) is 1. The summed E-state index contributed by atoms with van der Waals surface area (Å²) in [4.78, 5) is 21.7. The van der Waals surface area contributed by atoms with Gasteiger partial charge in [0.2, 0.25) is 5.91 Å². The van der Waals surface area contributed by atoms with Gasteiger partial charge >= 0.3 is 5.97 Å². The summed E-state index contributed by atoms with van der Waals surface area (Å²) < 4.78 is 14.0. The topological polar surface area (TPSA) is 66.4 Å². The van der Waals surface area contributed by atoms with Crippen LogP contribution >= 0.6 is 27.7 Å². The molecule has 0 aliphatic rings. The molecule has 0 aliphatic heterocycles. The molecule has 0 heterocycles. The zero-order valence-electron chi connectivity index (χ0n) is 9.28. The summed E-state index contributed by atoms with van der Waals surface area (Å²) in [7, 11) is 0. The average molecular weight is 336 g/mol. The highest BCUT2D eigenvalue weighted by Gasteiger charge is 2.07. The number of carbonyl (C=O) groups is 2. The van der Waals surface area contributed by atoms with Crippen molar-refractivity contribution in [2.75, 3.05) is 16.8 Å². The zero-order valence-corrected chi connectivity index (χ0v) is 11.7. The van der Waals surface area contributed by atoms with Crippen LogP contribution in [-0.4, -0.2) is 28.5 Å². The van der Waals surface area contributed by atoms with E-state index >= 15 is 0 Å². The maximum Gasteiger partial charge on any atom is 0.304 e. The molecule has 0 bridgehead atoms. The van der Waals surface area contributed by atoms with Crippen LogP contribution in [0.4, 0.5) is 10.1 Å².